The van der Waals surface area contributed by atoms with Crippen LogP contribution in [0.2, 0.25) is 0 Å². The summed E-state index contributed by atoms with van der Waals surface area (Å²) in [4.78, 5) is 26.8. The van der Waals surface area contributed by atoms with Crippen molar-refractivity contribution >= 4 is 29.3 Å². The lowest BCUT2D eigenvalue weighted by atomic mass is 10.1. The second-order valence-corrected chi connectivity index (χ2v) is 7.35. The quantitative estimate of drug-likeness (QED) is 0.871. The van der Waals surface area contributed by atoms with E-state index < -0.39 is 5.82 Å². The predicted octanol–water partition coefficient (Wildman–Crippen LogP) is 3.41. The highest BCUT2D eigenvalue weighted by molar-refractivity contribution is 8.00. The highest BCUT2D eigenvalue weighted by Gasteiger charge is 2.24. The van der Waals surface area contributed by atoms with Crippen molar-refractivity contribution < 1.29 is 18.7 Å². The molecule has 3 rings (SSSR count). The highest BCUT2D eigenvalue weighted by atomic mass is 32.2. The van der Waals surface area contributed by atoms with Crippen molar-refractivity contribution in [3.63, 3.8) is 0 Å². The van der Waals surface area contributed by atoms with Gasteiger partial charge in [0.2, 0.25) is 5.91 Å². The Kier molecular flexibility index (Phi) is 5.46. The van der Waals surface area contributed by atoms with Crippen molar-refractivity contribution in [2.45, 2.75) is 17.1 Å². The number of nitrogens with zero attached hydrogens (tertiary/aromatic N) is 1. The standard InChI is InChI=1S/C19H19FN2O3S/c1-12-18(23)21-15-11-13(7-8-17(15)26-12)19(24)22(2)9-10-25-16-6-4-3-5-14(16)20/h3-8,11-12H,9-10H2,1-2H3,(H,21,23)/t12-/m0/s1. The molecule has 2 aromatic carbocycles. The molecule has 0 fully saturated rings. The monoisotopic (exact) mass is 374 g/mol. The first kappa shape index (κ1) is 18.3. The molecule has 0 saturated carbocycles. The van der Waals surface area contributed by atoms with Gasteiger partial charge in [0.15, 0.2) is 11.6 Å². The van der Waals surface area contributed by atoms with Crippen molar-refractivity contribution in [2.24, 2.45) is 0 Å². The van der Waals surface area contributed by atoms with E-state index in [0.29, 0.717) is 17.8 Å². The molecule has 5 nitrogen and oxygen atoms in total. The fourth-order valence-corrected chi connectivity index (χ4v) is 3.45. The van der Waals surface area contributed by atoms with Crippen molar-refractivity contribution in [1.82, 2.24) is 4.90 Å². The molecule has 1 aliphatic heterocycles. The van der Waals surface area contributed by atoms with Crippen molar-refractivity contribution in [3.05, 3.63) is 53.8 Å². The Hall–Kier alpha value is -2.54. The molecule has 26 heavy (non-hydrogen) atoms. The Bertz CT molecular complexity index is 843. The number of benzene rings is 2. The van der Waals surface area contributed by atoms with E-state index in [4.69, 9.17) is 4.74 Å². The van der Waals surface area contributed by atoms with Crippen LogP contribution in [0.1, 0.15) is 17.3 Å². The SMILES string of the molecule is C[C@@H]1Sc2ccc(C(=O)N(C)CCOc3ccccc3F)cc2NC1=O. The van der Waals surface area contributed by atoms with E-state index in [-0.39, 0.29) is 29.4 Å². The van der Waals surface area contributed by atoms with Crippen LogP contribution in [0, 0.1) is 5.82 Å². The molecule has 7 heteroatoms. The number of thioether (sulfide) groups is 1. The lowest BCUT2D eigenvalue weighted by Crippen LogP contribution is -2.31. The molecule has 0 bridgehead atoms. The van der Waals surface area contributed by atoms with Gasteiger partial charge in [-0.1, -0.05) is 12.1 Å². The van der Waals surface area contributed by atoms with Gasteiger partial charge in [-0.05, 0) is 37.3 Å². The summed E-state index contributed by atoms with van der Waals surface area (Å²) in [5.41, 5.74) is 1.13. The Morgan fingerprint density at radius 3 is 2.85 bits per heavy atom. The van der Waals surface area contributed by atoms with Crippen LogP contribution >= 0.6 is 11.8 Å². The molecule has 0 aromatic heterocycles. The normalized spacial score (nSPS) is 15.8. The van der Waals surface area contributed by atoms with Gasteiger partial charge in [-0.3, -0.25) is 9.59 Å². The number of rotatable bonds is 5. The first-order chi connectivity index (χ1) is 12.5. The number of hydrogen-bond acceptors (Lipinski definition) is 4. The minimum atomic E-state index is -0.432. The van der Waals surface area contributed by atoms with Crippen molar-refractivity contribution in [2.75, 3.05) is 25.5 Å². The third kappa shape index (κ3) is 3.99. The number of carbonyl (C=O) groups excluding carboxylic acids is 2. The Morgan fingerprint density at radius 1 is 1.31 bits per heavy atom. The first-order valence-corrected chi connectivity index (χ1v) is 9.08. The molecule has 1 heterocycles. The Labute approximate surface area is 155 Å². The van der Waals surface area contributed by atoms with Crippen LogP contribution in [0.5, 0.6) is 5.75 Å². The zero-order valence-corrected chi connectivity index (χ0v) is 15.3. The number of halogens is 1. The number of anilines is 1. The van der Waals surface area contributed by atoms with Crippen LogP contribution in [0.15, 0.2) is 47.4 Å². The first-order valence-electron chi connectivity index (χ1n) is 8.20. The maximum absolute atomic E-state index is 13.5. The fourth-order valence-electron chi connectivity index (χ4n) is 2.52. The largest absolute Gasteiger partial charge is 0.489 e. The molecule has 0 aliphatic carbocycles. The summed E-state index contributed by atoms with van der Waals surface area (Å²) >= 11 is 1.47. The van der Waals surface area contributed by atoms with E-state index >= 15 is 0 Å². The number of likely N-dealkylation sites (N-methyl/N-ethyl adjacent to an activating group) is 1. The van der Waals surface area contributed by atoms with Gasteiger partial charge < -0.3 is 15.0 Å². The number of para-hydroxylation sites is 1. The predicted molar refractivity (Wildman–Crippen MR) is 99.2 cm³/mol. The number of amides is 2. The average molecular weight is 374 g/mol. The van der Waals surface area contributed by atoms with E-state index in [9.17, 15) is 14.0 Å². The van der Waals surface area contributed by atoms with E-state index in [1.165, 1.54) is 22.7 Å². The third-order valence-corrected chi connectivity index (χ3v) is 5.20. The maximum atomic E-state index is 13.5. The van der Waals surface area contributed by atoms with Crippen LogP contribution in [-0.2, 0) is 4.79 Å². The molecular formula is C19H19FN2O3S. The average Bonchev–Trinajstić information content (AvgIpc) is 2.63. The van der Waals surface area contributed by atoms with Gasteiger partial charge in [-0.15, -0.1) is 11.8 Å². The maximum Gasteiger partial charge on any atom is 0.253 e. The zero-order valence-electron chi connectivity index (χ0n) is 14.5. The topological polar surface area (TPSA) is 58.6 Å². The Balaban J connectivity index is 1.61. The second-order valence-electron chi connectivity index (χ2n) is 5.97. The minimum absolute atomic E-state index is 0.0706. The summed E-state index contributed by atoms with van der Waals surface area (Å²) in [6.07, 6.45) is 0. The summed E-state index contributed by atoms with van der Waals surface area (Å²) in [5.74, 6) is -0.531. The van der Waals surface area contributed by atoms with Gasteiger partial charge in [-0.2, -0.15) is 0 Å². The number of ether oxygens (including phenoxy) is 1. The second kappa shape index (κ2) is 7.78. The lowest BCUT2D eigenvalue weighted by Gasteiger charge is -2.23. The van der Waals surface area contributed by atoms with E-state index in [0.717, 1.165) is 4.90 Å². The van der Waals surface area contributed by atoms with Crippen LogP contribution in [0.3, 0.4) is 0 Å². The molecule has 0 unspecified atom stereocenters. The van der Waals surface area contributed by atoms with Gasteiger partial charge in [0.1, 0.15) is 6.61 Å². The summed E-state index contributed by atoms with van der Waals surface area (Å²) in [7, 11) is 1.65. The molecule has 0 spiro atoms. The summed E-state index contributed by atoms with van der Waals surface area (Å²) in [6, 6.07) is 11.4. The van der Waals surface area contributed by atoms with E-state index in [1.54, 1.807) is 37.4 Å². The summed E-state index contributed by atoms with van der Waals surface area (Å²) in [5, 5.41) is 2.67. The van der Waals surface area contributed by atoms with Crippen molar-refractivity contribution in [3.8, 4) is 5.75 Å². The van der Waals surface area contributed by atoms with Gasteiger partial charge in [0.25, 0.3) is 5.91 Å². The fraction of sp³-hybridized carbons (Fsp3) is 0.263. The molecule has 2 aromatic rings. The third-order valence-electron chi connectivity index (χ3n) is 4.02. The number of hydrogen-bond donors (Lipinski definition) is 1. The molecular weight excluding hydrogens is 355 g/mol. The Morgan fingerprint density at radius 2 is 2.08 bits per heavy atom. The van der Waals surface area contributed by atoms with Crippen molar-refractivity contribution in [1.29, 1.82) is 0 Å². The molecule has 1 aliphatic rings. The number of fused-ring (bicyclic) bond motifs is 1. The van der Waals surface area contributed by atoms with Gasteiger partial charge in [0, 0.05) is 17.5 Å². The van der Waals surface area contributed by atoms with E-state index in [2.05, 4.69) is 5.32 Å². The van der Waals surface area contributed by atoms with Crippen LogP contribution in [0.25, 0.3) is 0 Å². The van der Waals surface area contributed by atoms with Gasteiger partial charge in [-0.25, -0.2) is 4.39 Å². The summed E-state index contributed by atoms with van der Waals surface area (Å²) in [6.45, 7) is 2.33. The number of carbonyl (C=O) groups is 2. The molecule has 0 radical (unpaired) electrons. The minimum Gasteiger partial charge on any atom is -0.489 e. The van der Waals surface area contributed by atoms with Crippen LogP contribution < -0.4 is 10.1 Å². The molecule has 136 valence electrons. The van der Waals surface area contributed by atoms with Gasteiger partial charge >= 0.3 is 0 Å². The molecule has 2 amide bonds. The number of nitrogens with one attached hydrogen (secondary N) is 1. The molecule has 1 atom stereocenters. The smallest absolute Gasteiger partial charge is 0.253 e. The van der Waals surface area contributed by atoms with Crippen LogP contribution in [-0.4, -0.2) is 42.2 Å². The molecule has 1 N–H and O–H groups in total. The molecule has 0 saturated heterocycles. The van der Waals surface area contributed by atoms with Gasteiger partial charge in [0.05, 0.1) is 17.5 Å². The van der Waals surface area contributed by atoms with E-state index in [1.807, 2.05) is 13.0 Å². The lowest BCUT2D eigenvalue weighted by molar-refractivity contribution is -0.115. The van der Waals surface area contributed by atoms with Crippen LogP contribution in [0.4, 0.5) is 10.1 Å². The highest BCUT2D eigenvalue weighted by Crippen LogP contribution is 2.36. The summed E-state index contributed by atoms with van der Waals surface area (Å²) < 4.78 is 18.9. The zero-order chi connectivity index (χ0) is 18.7.